The fourth-order valence-corrected chi connectivity index (χ4v) is 2.34. The molecule has 3 N–H and O–H groups in total. The summed E-state index contributed by atoms with van der Waals surface area (Å²) in [4.78, 5) is 4.43. The summed E-state index contributed by atoms with van der Waals surface area (Å²) in [7, 11) is 0. The van der Waals surface area contributed by atoms with E-state index < -0.39 is 0 Å². The summed E-state index contributed by atoms with van der Waals surface area (Å²) in [6.07, 6.45) is 2.24. The van der Waals surface area contributed by atoms with Gasteiger partial charge in [0.15, 0.2) is 5.96 Å². The third kappa shape index (κ3) is 4.10. The minimum absolute atomic E-state index is 0.497. The van der Waals surface area contributed by atoms with Crippen LogP contribution in [0.25, 0.3) is 5.69 Å². The average Bonchev–Trinajstić information content (AvgIpc) is 2.84. The molecule has 1 heterocycles. The van der Waals surface area contributed by atoms with Crippen LogP contribution in [0.1, 0.15) is 36.7 Å². The molecular formula is C17H25N5. The molecule has 1 aromatic carbocycles. The topological polar surface area (TPSA) is 68.2 Å². The van der Waals surface area contributed by atoms with Crippen LogP contribution in [0, 0.1) is 13.8 Å². The summed E-state index contributed by atoms with van der Waals surface area (Å²) >= 11 is 0. The molecule has 2 rings (SSSR count). The van der Waals surface area contributed by atoms with Gasteiger partial charge in [0.25, 0.3) is 0 Å². The number of rotatable bonds is 6. The Morgan fingerprint density at radius 2 is 2.09 bits per heavy atom. The third-order valence-electron chi connectivity index (χ3n) is 3.49. The second kappa shape index (κ2) is 7.64. The van der Waals surface area contributed by atoms with Crippen molar-refractivity contribution in [2.75, 3.05) is 6.54 Å². The highest BCUT2D eigenvalue weighted by molar-refractivity contribution is 5.77. The lowest BCUT2D eigenvalue weighted by Gasteiger charge is -2.10. The molecule has 22 heavy (non-hydrogen) atoms. The Kier molecular flexibility index (Phi) is 5.58. The van der Waals surface area contributed by atoms with Crippen molar-refractivity contribution in [1.29, 1.82) is 0 Å². The van der Waals surface area contributed by atoms with Gasteiger partial charge in [-0.1, -0.05) is 31.5 Å². The summed E-state index contributed by atoms with van der Waals surface area (Å²) in [5.41, 5.74) is 10.2. The number of nitrogens with two attached hydrogens (primary N) is 1. The smallest absolute Gasteiger partial charge is 0.188 e. The van der Waals surface area contributed by atoms with E-state index in [-0.39, 0.29) is 0 Å². The van der Waals surface area contributed by atoms with E-state index in [1.807, 2.05) is 23.7 Å². The Morgan fingerprint density at radius 1 is 1.32 bits per heavy atom. The van der Waals surface area contributed by atoms with Gasteiger partial charge in [-0.2, -0.15) is 5.10 Å². The number of aliphatic imine (C=N–C) groups is 1. The number of benzene rings is 1. The highest BCUT2D eigenvalue weighted by Gasteiger charge is 2.08. The van der Waals surface area contributed by atoms with Crippen molar-refractivity contribution in [3.05, 3.63) is 47.3 Å². The number of aryl methyl sites for hydroxylation is 2. The second-order valence-electron chi connectivity index (χ2n) is 5.45. The van der Waals surface area contributed by atoms with Crippen LogP contribution in [0.2, 0.25) is 0 Å². The van der Waals surface area contributed by atoms with Crippen molar-refractivity contribution >= 4 is 5.96 Å². The number of hydrogen-bond donors (Lipinski definition) is 2. The predicted molar refractivity (Wildman–Crippen MR) is 91.3 cm³/mol. The van der Waals surface area contributed by atoms with Crippen LogP contribution >= 0.6 is 0 Å². The molecule has 0 unspecified atom stereocenters. The number of guanidine groups is 1. The first-order valence-electron chi connectivity index (χ1n) is 7.77. The maximum Gasteiger partial charge on any atom is 0.188 e. The third-order valence-corrected chi connectivity index (χ3v) is 3.49. The summed E-state index contributed by atoms with van der Waals surface area (Å²) in [6, 6.07) is 10.2. The number of unbranched alkanes of at least 4 members (excludes halogenated alkanes) is 1. The first-order valence-corrected chi connectivity index (χ1v) is 7.77. The summed E-state index contributed by atoms with van der Waals surface area (Å²) in [5.74, 6) is 0.497. The summed E-state index contributed by atoms with van der Waals surface area (Å²) < 4.78 is 1.96. The number of hydrogen-bond acceptors (Lipinski definition) is 2. The zero-order valence-electron chi connectivity index (χ0n) is 13.6. The molecular weight excluding hydrogens is 274 g/mol. The lowest BCUT2D eigenvalue weighted by atomic mass is 10.2. The molecule has 0 aliphatic rings. The zero-order chi connectivity index (χ0) is 15.9. The van der Waals surface area contributed by atoms with Crippen LogP contribution in [0.3, 0.4) is 0 Å². The van der Waals surface area contributed by atoms with Crippen LogP contribution in [-0.4, -0.2) is 22.3 Å². The van der Waals surface area contributed by atoms with E-state index in [0.717, 1.165) is 42.0 Å². The molecule has 0 saturated carbocycles. The lowest BCUT2D eigenvalue weighted by Crippen LogP contribution is -2.32. The van der Waals surface area contributed by atoms with Crippen LogP contribution in [0.15, 0.2) is 35.3 Å². The zero-order valence-corrected chi connectivity index (χ0v) is 13.6. The molecule has 0 aliphatic carbocycles. The minimum Gasteiger partial charge on any atom is -0.370 e. The Morgan fingerprint density at radius 3 is 2.77 bits per heavy atom. The number of para-hydroxylation sites is 1. The predicted octanol–water partition coefficient (Wildman–Crippen LogP) is 2.69. The Labute approximate surface area is 132 Å². The molecule has 0 atom stereocenters. The summed E-state index contributed by atoms with van der Waals surface area (Å²) in [5, 5.41) is 7.68. The van der Waals surface area contributed by atoms with Gasteiger partial charge in [-0.3, -0.25) is 0 Å². The van der Waals surface area contributed by atoms with Gasteiger partial charge in [0.05, 0.1) is 17.9 Å². The van der Waals surface area contributed by atoms with E-state index in [1.165, 1.54) is 0 Å². The van der Waals surface area contributed by atoms with Crippen LogP contribution in [0.5, 0.6) is 0 Å². The largest absolute Gasteiger partial charge is 0.370 e. The standard InChI is InChI=1S/C17H25N5/c1-4-5-10-19-17(18)20-12-15-8-6-7-9-16(15)22-14(3)11-13(2)21-22/h6-9,11H,4-5,10,12H2,1-3H3,(H3,18,19,20). The van der Waals surface area contributed by atoms with Crippen molar-refractivity contribution in [2.24, 2.45) is 10.7 Å². The highest BCUT2D eigenvalue weighted by atomic mass is 15.3. The van der Waals surface area contributed by atoms with E-state index >= 15 is 0 Å². The molecule has 0 amide bonds. The average molecular weight is 299 g/mol. The van der Waals surface area contributed by atoms with Crippen molar-refractivity contribution in [2.45, 2.75) is 40.2 Å². The molecule has 0 saturated heterocycles. The number of aromatic nitrogens is 2. The van der Waals surface area contributed by atoms with Crippen molar-refractivity contribution in [1.82, 2.24) is 15.1 Å². The van der Waals surface area contributed by atoms with Gasteiger partial charge in [-0.25, -0.2) is 9.67 Å². The second-order valence-corrected chi connectivity index (χ2v) is 5.45. The summed E-state index contributed by atoms with van der Waals surface area (Å²) in [6.45, 7) is 7.62. The minimum atomic E-state index is 0.497. The molecule has 5 heteroatoms. The fourth-order valence-electron chi connectivity index (χ4n) is 2.34. The Hall–Kier alpha value is -2.30. The van der Waals surface area contributed by atoms with E-state index in [1.54, 1.807) is 0 Å². The van der Waals surface area contributed by atoms with Crippen LogP contribution < -0.4 is 11.1 Å². The van der Waals surface area contributed by atoms with Gasteiger partial charge in [0.1, 0.15) is 0 Å². The van der Waals surface area contributed by atoms with E-state index in [0.29, 0.717) is 12.5 Å². The molecule has 0 radical (unpaired) electrons. The maximum absolute atomic E-state index is 5.90. The SMILES string of the molecule is CCCCNC(N)=NCc1ccccc1-n1nc(C)cc1C. The molecule has 5 nitrogen and oxygen atoms in total. The van der Waals surface area contributed by atoms with Crippen molar-refractivity contribution in [3.63, 3.8) is 0 Å². The molecule has 1 aromatic heterocycles. The quantitative estimate of drug-likeness (QED) is 0.489. The van der Waals surface area contributed by atoms with Gasteiger partial charge < -0.3 is 11.1 Å². The fraction of sp³-hybridized carbons (Fsp3) is 0.412. The molecule has 0 fully saturated rings. The molecule has 0 bridgehead atoms. The molecule has 2 aromatic rings. The van der Waals surface area contributed by atoms with Crippen LogP contribution in [-0.2, 0) is 6.54 Å². The first-order chi connectivity index (χ1) is 10.6. The van der Waals surface area contributed by atoms with Gasteiger partial charge in [0.2, 0.25) is 0 Å². The lowest BCUT2D eigenvalue weighted by molar-refractivity contribution is 0.747. The number of nitrogens with zero attached hydrogens (tertiary/aromatic N) is 3. The van der Waals surface area contributed by atoms with E-state index in [4.69, 9.17) is 5.73 Å². The molecule has 0 spiro atoms. The Balaban J connectivity index is 2.15. The first kappa shape index (κ1) is 16.1. The number of nitrogens with one attached hydrogen (secondary N) is 1. The maximum atomic E-state index is 5.90. The van der Waals surface area contributed by atoms with Crippen molar-refractivity contribution in [3.8, 4) is 5.69 Å². The molecule has 0 aliphatic heterocycles. The van der Waals surface area contributed by atoms with Gasteiger partial charge in [-0.15, -0.1) is 0 Å². The molecule has 118 valence electrons. The van der Waals surface area contributed by atoms with Crippen molar-refractivity contribution < 1.29 is 0 Å². The van der Waals surface area contributed by atoms with E-state index in [9.17, 15) is 0 Å². The van der Waals surface area contributed by atoms with Gasteiger partial charge >= 0.3 is 0 Å². The highest BCUT2D eigenvalue weighted by Crippen LogP contribution is 2.17. The normalized spacial score (nSPS) is 11.7. The Bertz CT molecular complexity index is 642. The van der Waals surface area contributed by atoms with E-state index in [2.05, 4.69) is 47.5 Å². The monoisotopic (exact) mass is 299 g/mol. The van der Waals surface area contributed by atoms with Gasteiger partial charge in [0, 0.05) is 12.2 Å². The van der Waals surface area contributed by atoms with Gasteiger partial charge in [-0.05, 0) is 38.0 Å². The van der Waals surface area contributed by atoms with Crippen LogP contribution in [0.4, 0.5) is 0 Å².